The molecule has 0 bridgehead atoms. The van der Waals surface area contributed by atoms with Crippen LogP contribution in [0, 0.1) is 0 Å². The van der Waals surface area contributed by atoms with Crippen LogP contribution in [0.2, 0.25) is 0 Å². The van der Waals surface area contributed by atoms with Crippen molar-refractivity contribution in [3.8, 4) is 23.0 Å². The first-order valence-corrected chi connectivity index (χ1v) is 14.1. The van der Waals surface area contributed by atoms with Crippen LogP contribution >= 0.6 is 0 Å². The van der Waals surface area contributed by atoms with E-state index in [0.717, 1.165) is 53.9 Å². The van der Waals surface area contributed by atoms with Crippen molar-refractivity contribution >= 4 is 15.7 Å². The summed E-state index contributed by atoms with van der Waals surface area (Å²) in [5.41, 5.74) is 3.32. The van der Waals surface area contributed by atoms with Crippen molar-refractivity contribution in [1.29, 1.82) is 0 Å². The number of fused-ring (bicyclic) bond motifs is 3. The first-order chi connectivity index (χ1) is 18.4. The molecule has 1 fully saturated rings. The van der Waals surface area contributed by atoms with Crippen LogP contribution in [0.4, 0.5) is 5.69 Å². The van der Waals surface area contributed by atoms with Crippen LogP contribution in [0.3, 0.4) is 0 Å². The van der Waals surface area contributed by atoms with Crippen LogP contribution in [0.15, 0.2) is 59.5 Å². The van der Waals surface area contributed by atoms with E-state index < -0.39 is 16.1 Å². The third-order valence-electron chi connectivity index (χ3n) is 7.40. The molecule has 3 aromatic carbocycles. The summed E-state index contributed by atoms with van der Waals surface area (Å²) in [7, 11) is 2.42. The molecule has 2 aliphatic rings. The molecule has 0 saturated heterocycles. The van der Waals surface area contributed by atoms with Crippen molar-refractivity contribution in [2.75, 3.05) is 33.2 Å². The minimum atomic E-state index is -3.89. The van der Waals surface area contributed by atoms with Crippen LogP contribution in [-0.2, 0) is 14.8 Å². The van der Waals surface area contributed by atoms with Gasteiger partial charge in [0.1, 0.15) is 17.6 Å². The Morgan fingerprint density at radius 2 is 1.42 bits per heavy atom. The number of benzene rings is 3. The molecular formula is C29H33NO7S. The third-order valence-corrected chi connectivity index (χ3v) is 8.78. The predicted octanol–water partition coefficient (Wildman–Crippen LogP) is 5.67. The molecule has 1 N–H and O–H groups in total. The molecule has 5 rings (SSSR count). The van der Waals surface area contributed by atoms with Crippen LogP contribution < -0.4 is 23.7 Å². The lowest BCUT2D eigenvalue weighted by atomic mass is 9.75. The molecule has 8 nitrogen and oxygen atoms in total. The second kappa shape index (κ2) is 10.7. The molecule has 3 aromatic rings. The summed E-state index contributed by atoms with van der Waals surface area (Å²) in [6, 6.07) is 15.7. The molecular weight excluding hydrogens is 506 g/mol. The molecule has 1 aliphatic heterocycles. The van der Waals surface area contributed by atoms with Crippen molar-refractivity contribution in [3.05, 3.63) is 71.3 Å². The molecule has 0 amide bonds. The van der Waals surface area contributed by atoms with Gasteiger partial charge >= 0.3 is 0 Å². The minimum Gasteiger partial charge on any atom is -0.496 e. The predicted molar refractivity (Wildman–Crippen MR) is 144 cm³/mol. The van der Waals surface area contributed by atoms with Crippen molar-refractivity contribution in [2.24, 2.45) is 0 Å². The van der Waals surface area contributed by atoms with Gasteiger partial charge in [0.15, 0.2) is 11.5 Å². The summed E-state index contributed by atoms with van der Waals surface area (Å²) < 4.78 is 58.0. The summed E-state index contributed by atoms with van der Waals surface area (Å²) >= 11 is 0. The van der Waals surface area contributed by atoms with Gasteiger partial charge in [-0.2, -0.15) is 0 Å². The largest absolute Gasteiger partial charge is 0.496 e. The monoisotopic (exact) mass is 539 g/mol. The van der Waals surface area contributed by atoms with Gasteiger partial charge in [-0.3, -0.25) is 4.72 Å². The Morgan fingerprint density at radius 3 is 2.13 bits per heavy atom. The second-order valence-electron chi connectivity index (χ2n) is 9.49. The minimum absolute atomic E-state index is 0.0503. The molecule has 9 heteroatoms. The van der Waals surface area contributed by atoms with E-state index in [4.69, 9.17) is 23.7 Å². The fourth-order valence-corrected chi connectivity index (χ4v) is 6.71. The van der Waals surface area contributed by atoms with E-state index in [0.29, 0.717) is 17.2 Å². The van der Waals surface area contributed by atoms with E-state index in [-0.39, 0.29) is 16.9 Å². The van der Waals surface area contributed by atoms with E-state index >= 15 is 0 Å². The Kier molecular flexibility index (Phi) is 7.40. The lowest BCUT2D eigenvalue weighted by Crippen LogP contribution is -2.34. The third kappa shape index (κ3) is 4.76. The number of nitrogens with one attached hydrogen (secondary N) is 1. The van der Waals surface area contributed by atoms with Crippen molar-refractivity contribution in [2.45, 2.75) is 48.7 Å². The first-order valence-electron chi connectivity index (χ1n) is 12.6. The van der Waals surface area contributed by atoms with Gasteiger partial charge in [0.25, 0.3) is 10.0 Å². The quantitative estimate of drug-likeness (QED) is 0.394. The number of anilines is 1. The van der Waals surface area contributed by atoms with E-state index in [1.807, 2.05) is 30.3 Å². The molecule has 0 spiro atoms. The first kappa shape index (κ1) is 26.2. The topological polar surface area (TPSA) is 92.3 Å². The van der Waals surface area contributed by atoms with E-state index in [1.165, 1.54) is 26.4 Å². The van der Waals surface area contributed by atoms with Crippen LogP contribution in [0.1, 0.15) is 54.4 Å². The Bertz CT molecular complexity index is 1420. The molecule has 3 atom stereocenters. The molecule has 38 heavy (non-hydrogen) atoms. The number of sulfonamides is 1. The Hall–Kier alpha value is -3.43. The Labute approximate surface area is 223 Å². The molecule has 0 aromatic heterocycles. The molecule has 0 radical (unpaired) electrons. The highest BCUT2D eigenvalue weighted by atomic mass is 32.2. The highest BCUT2D eigenvalue weighted by molar-refractivity contribution is 7.92. The van der Waals surface area contributed by atoms with Gasteiger partial charge in [0, 0.05) is 28.8 Å². The highest BCUT2D eigenvalue weighted by Gasteiger charge is 2.41. The normalized spacial score (nSPS) is 20.6. The van der Waals surface area contributed by atoms with Gasteiger partial charge in [0.05, 0.1) is 39.4 Å². The average molecular weight is 540 g/mol. The highest BCUT2D eigenvalue weighted by Crippen LogP contribution is 2.53. The number of rotatable bonds is 8. The Morgan fingerprint density at radius 1 is 0.763 bits per heavy atom. The van der Waals surface area contributed by atoms with E-state index in [2.05, 4.69) is 4.72 Å². The molecule has 3 unspecified atom stereocenters. The Balaban J connectivity index is 1.53. The van der Waals surface area contributed by atoms with Crippen LogP contribution in [0.5, 0.6) is 23.0 Å². The van der Waals surface area contributed by atoms with Crippen LogP contribution in [0.25, 0.3) is 0 Å². The molecule has 202 valence electrons. The second-order valence-corrected chi connectivity index (χ2v) is 11.2. The summed E-state index contributed by atoms with van der Waals surface area (Å²) in [5.74, 6) is 2.57. The van der Waals surface area contributed by atoms with E-state index in [1.54, 1.807) is 26.4 Å². The van der Waals surface area contributed by atoms with Gasteiger partial charge in [-0.1, -0.05) is 25.0 Å². The molecule has 1 heterocycles. The maximum absolute atomic E-state index is 13.3. The smallest absolute Gasteiger partial charge is 0.262 e. The van der Waals surface area contributed by atoms with Crippen LogP contribution in [-0.4, -0.2) is 43.0 Å². The maximum atomic E-state index is 13.3. The zero-order valence-corrected chi connectivity index (χ0v) is 22.8. The van der Waals surface area contributed by atoms with Crippen molar-refractivity contribution in [1.82, 2.24) is 0 Å². The maximum Gasteiger partial charge on any atom is 0.262 e. The van der Waals surface area contributed by atoms with Gasteiger partial charge in [-0.25, -0.2) is 8.42 Å². The van der Waals surface area contributed by atoms with Gasteiger partial charge < -0.3 is 23.7 Å². The fraction of sp³-hybridized carbons (Fsp3) is 0.379. The standard InChI is InChI=1S/C29H33NO7S/c1-33-23-13-12-20(17-26(23)36-4)38(31,32)30-19-9-7-8-18(16-19)29-28-25(35-3)15-14-24(34-2)27(28)21-10-5-6-11-22(21)37-29/h7-9,12-17,21-22,29-30H,5-6,10-11H2,1-4H3. The summed E-state index contributed by atoms with van der Waals surface area (Å²) in [6.07, 6.45) is 3.86. The van der Waals surface area contributed by atoms with Gasteiger partial charge in [-0.15, -0.1) is 0 Å². The molecule has 1 aliphatic carbocycles. The lowest BCUT2D eigenvalue weighted by Gasteiger charge is -2.42. The number of hydrogen-bond acceptors (Lipinski definition) is 7. The number of methoxy groups -OCH3 is 4. The summed E-state index contributed by atoms with van der Waals surface area (Å²) in [4.78, 5) is 0.0660. The SMILES string of the molecule is COc1ccc(S(=O)(=O)Nc2cccc(C3OC4CCCCC4c4c(OC)ccc(OC)c43)c2)cc1OC. The zero-order valence-electron chi connectivity index (χ0n) is 22.0. The fourth-order valence-electron chi connectivity index (χ4n) is 5.65. The number of hydrogen-bond donors (Lipinski definition) is 1. The van der Waals surface area contributed by atoms with Gasteiger partial charge in [-0.05, 0) is 54.8 Å². The summed E-state index contributed by atoms with van der Waals surface area (Å²) in [6.45, 7) is 0. The molecule has 1 saturated carbocycles. The van der Waals surface area contributed by atoms with Crippen molar-refractivity contribution in [3.63, 3.8) is 0 Å². The zero-order chi connectivity index (χ0) is 26.9. The van der Waals surface area contributed by atoms with E-state index in [9.17, 15) is 8.42 Å². The average Bonchev–Trinajstić information content (AvgIpc) is 2.95. The number of ether oxygens (including phenoxy) is 5. The lowest BCUT2D eigenvalue weighted by molar-refractivity contribution is -0.0406. The van der Waals surface area contributed by atoms with Crippen molar-refractivity contribution < 1.29 is 32.1 Å². The summed E-state index contributed by atoms with van der Waals surface area (Å²) in [5, 5.41) is 0. The van der Waals surface area contributed by atoms with Gasteiger partial charge in [0.2, 0.25) is 0 Å².